The molecule has 0 unspecified atom stereocenters. The molecule has 4 atom stereocenters. The normalized spacial score (nSPS) is 22.8. The van der Waals surface area contributed by atoms with Crippen LogP contribution in [-0.2, 0) is 19.1 Å². The van der Waals surface area contributed by atoms with Crippen molar-refractivity contribution in [3.05, 3.63) is 32.9 Å². The molecule has 0 radical (unpaired) electrons. The summed E-state index contributed by atoms with van der Waals surface area (Å²) in [6, 6.07) is 2.11. The lowest BCUT2D eigenvalue weighted by Gasteiger charge is -2.41. The number of carbonyl (C=O) groups excluding carboxylic acids is 4. The number of ketones is 1. The summed E-state index contributed by atoms with van der Waals surface area (Å²) in [4.78, 5) is 51.2. The second kappa shape index (κ2) is 14.0. The molecule has 38 heavy (non-hydrogen) atoms. The van der Waals surface area contributed by atoms with Gasteiger partial charge < -0.3 is 34.6 Å². The number of methoxy groups -OCH3 is 1. The highest BCUT2D eigenvalue weighted by molar-refractivity contribution is 14.1. The fourth-order valence-electron chi connectivity index (χ4n) is 4.53. The number of amides is 2. The summed E-state index contributed by atoms with van der Waals surface area (Å²) in [5.74, 6) is -1.37. The number of Topliss-reactive ketones (excluding diaryl/α,β-unsaturated/α-hetero) is 1. The van der Waals surface area contributed by atoms with Crippen molar-refractivity contribution in [2.45, 2.75) is 57.0 Å². The van der Waals surface area contributed by atoms with Crippen LogP contribution in [0.4, 0.5) is 0 Å². The van der Waals surface area contributed by atoms with Gasteiger partial charge in [-0.05, 0) is 53.6 Å². The molecule has 1 heterocycles. The molecule has 208 valence electrons. The molecule has 0 bridgehead atoms. The van der Waals surface area contributed by atoms with E-state index in [-0.39, 0.29) is 55.7 Å². The van der Waals surface area contributed by atoms with Crippen LogP contribution in [-0.4, -0.2) is 96.8 Å². The van der Waals surface area contributed by atoms with Crippen molar-refractivity contribution in [2.24, 2.45) is 0 Å². The van der Waals surface area contributed by atoms with Crippen LogP contribution < -0.4 is 14.8 Å². The number of aliphatic hydroxyl groups excluding tert-OH is 2. The highest BCUT2D eigenvalue weighted by Gasteiger charge is 2.43. The van der Waals surface area contributed by atoms with Gasteiger partial charge in [0.15, 0.2) is 11.5 Å². The molecule has 3 rings (SSSR count). The number of nitrogens with one attached hydrogen (secondary N) is 1. The Morgan fingerprint density at radius 3 is 2.68 bits per heavy atom. The Bertz CT molecular complexity index is 1070. The molecule has 11 nitrogen and oxygen atoms in total. The quantitative estimate of drug-likeness (QED) is 0.172. The molecule has 1 aliphatic carbocycles. The highest BCUT2D eigenvalue weighted by Crippen LogP contribution is 2.37. The van der Waals surface area contributed by atoms with Crippen molar-refractivity contribution in [1.82, 2.24) is 10.2 Å². The van der Waals surface area contributed by atoms with Gasteiger partial charge in [-0.3, -0.25) is 19.2 Å². The van der Waals surface area contributed by atoms with Gasteiger partial charge in [0.2, 0.25) is 11.7 Å². The van der Waals surface area contributed by atoms with Gasteiger partial charge in [0.25, 0.3) is 5.91 Å². The Morgan fingerprint density at radius 1 is 1.32 bits per heavy atom. The predicted molar refractivity (Wildman–Crippen MR) is 144 cm³/mol. The molecule has 2 aliphatic rings. The molecule has 1 aromatic carbocycles. The summed E-state index contributed by atoms with van der Waals surface area (Å²) in [6.45, 7) is 1.95. The molecular formula is C26H33IN2O9. The highest BCUT2D eigenvalue weighted by atomic mass is 127. The maximum Gasteiger partial charge on any atom is 0.290 e. The topological polar surface area (TPSA) is 152 Å². The van der Waals surface area contributed by atoms with Crippen LogP contribution in [0.2, 0.25) is 0 Å². The minimum absolute atomic E-state index is 0.0121. The molecule has 1 saturated heterocycles. The van der Waals surface area contributed by atoms with Crippen LogP contribution in [0.25, 0.3) is 0 Å². The van der Waals surface area contributed by atoms with Crippen LogP contribution in [0.1, 0.15) is 43.0 Å². The van der Waals surface area contributed by atoms with Crippen molar-refractivity contribution < 1.29 is 43.6 Å². The minimum Gasteiger partial charge on any atom is -0.493 e. The van der Waals surface area contributed by atoms with E-state index in [1.807, 2.05) is 22.6 Å². The van der Waals surface area contributed by atoms with Crippen molar-refractivity contribution in [1.29, 1.82) is 0 Å². The number of hydrogen-bond donors (Lipinski definition) is 3. The number of aliphatic hydroxyl groups is 2. The van der Waals surface area contributed by atoms with Crippen molar-refractivity contribution in [3.63, 3.8) is 0 Å². The third-order valence-corrected chi connectivity index (χ3v) is 7.30. The zero-order valence-electron chi connectivity index (χ0n) is 21.4. The molecule has 1 aliphatic heterocycles. The smallest absolute Gasteiger partial charge is 0.290 e. The average Bonchev–Trinajstić information content (AvgIpc) is 3.44. The standard InChI is InChI=1S/C26H33IN2O9/c1-3-20(32)26(35)29(13-17-5-4-8-37-17)19-11-16(25(34)28-6-7-30)12-21(23(19)33)38-24-18(27)9-15(14-31)10-22(24)36-2/h9-10,12,14,17,19,21,23,30,33H,3-8,11,13H2,1-2H3,(H,28,34)/t17-,19-,21+,23+/m1/s1. The second-order valence-corrected chi connectivity index (χ2v) is 10.2. The molecule has 1 aromatic rings. The van der Waals surface area contributed by atoms with Crippen molar-refractivity contribution >= 4 is 46.5 Å². The summed E-state index contributed by atoms with van der Waals surface area (Å²) < 4.78 is 17.8. The van der Waals surface area contributed by atoms with Crippen molar-refractivity contribution in [2.75, 3.05) is 33.4 Å². The van der Waals surface area contributed by atoms with Gasteiger partial charge >= 0.3 is 0 Å². The summed E-state index contributed by atoms with van der Waals surface area (Å²) in [6.07, 6.45) is 0.881. The fraction of sp³-hybridized carbons (Fsp3) is 0.538. The molecule has 0 aromatic heterocycles. The van der Waals surface area contributed by atoms with Gasteiger partial charge in [-0.25, -0.2) is 0 Å². The van der Waals surface area contributed by atoms with E-state index < -0.39 is 35.8 Å². The van der Waals surface area contributed by atoms with E-state index in [4.69, 9.17) is 19.3 Å². The van der Waals surface area contributed by atoms with Crippen LogP contribution in [0.3, 0.4) is 0 Å². The first-order chi connectivity index (χ1) is 18.2. The Labute approximate surface area is 234 Å². The first kappa shape index (κ1) is 30.0. The van der Waals surface area contributed by atoms with E-state index in [0.717, 1.165) is 6.42 Å². The number of rotatable bonds is 12. The minimum atomic E-state index is -1.31. The third kappa shape index (κ3) is 7.10. The first-order valence-electron chi connectivity index (χ1n) is 12.5. The largest absolute Gasteiger partial charge is 0.493 e. The van der Waals surface area contributed by atoms with Gasteiger partial charge in [0.05, 0.1) is 29.4 Å². The monoisotopic (exact) mass is 644 g/mol. The number of halogens is 1. The summed E-state index contributed by atoms with van der Waals surface area (Å²) in [5.41, 5.74) is 0.595. The Morgan fingerprint density at radius 2 is 2.08 bits per heavy atom. The fourth-order valence-corrected chi connectivity index (χ4v) is 5.28. The lowest BCUT2D eigenvalue weighted by Crippen LogP contribution is -2.57. The number of nitrogens with zero attached hydrogens (tertiary/aromatic N) is 1. The lowest BCUT2D eigenvalue weighted by molar-refractivity contribution is -0.150. The van der Waals surface area contributed by atoms with Crippen molar-refractivity contribution in [3.8, 4) is 11.5 Å². The molecule has 1 fully saturated rings. The van der Waals surface area contributed by atoms with Crippen LogP contribution in [0.15, 0.2) is 23.8 Å². The Balaban J connectivity index is 2.02. The third-order valence-electron chi connectivity index (χ3n) is 6.50. The van der Waals surface area contributed by atoms with Gasteiger partial charge in [-0.1, -0.05) is 6.92 Å². The molecule has 0 spiro atoms. The van der Waals surface area contributed by atoms with Crippen LogP contribution in [0, 0.1) is 3.57 Å². The number of carbonyl (C=O) groups is 4. The second-order valence-electron chi connectivity index (χ2n) is 9.04. The number of hydrogen-bond acceptors (Lipinski definition) is 9. The molecule has 12 heteroatoms. The van der Waals surface area contributed by atoms with E-state index in [0.29, 0.717) is 28.4 Å². The summed E-state index contributed by atoms with van der Waals surface area (Å²) in [5, 5.41) is 23.2. The van der Waals surface area contributed by atoms with E-state index >= 15 is 0 Å². The Kier molecular flexibility index (Phi) is 11.1. The van der Waals surface area contributed by atoms with E-state index in [9.17, 15) is 24.3 Å². The van der Waals surface area contributed by atoms with E-state index in [2.05, 4.69) is 5.32 Å². The maximum absolute atomic E-state index is 13.2. The van der Waals surface area contributed by atoms with Gasteiger partial charge in [0.1, 0.15) is 18.5 Å². The molecule has 3 N–H and O–H groups in total. The lowest BCUT2D eigenvalue weighted by atomic mass is 9.87. The average molecular weight is 644 g/mol. The summed E-state index contributed by atoms with van der Waals surface area (Å²) in [7, 11) is 1.41. The molecule has 0 saturated carbocycles. The maximum atomic E-state index is 13.2. The SMILES string of the molecule is CCC(=O)C(=O)N(C[C@H]1CCCO1)[C@@H]1CC(C(=O)NCCO)=C[C@H](Oc2c(I)cc(C=O)cc2OC)[C@H]1O. The molecule has 2 amide bonds. The van der Waals surface area contributed by atoms with Gasteiger partial charge in [0, 0.05) is 43.7 Å². The summed E-state index contributed by atoms with van der Waals surface area (Å²) >= 11 is 1.98. The zero-order chi connectivity index (χ0) is 27.8. The van der Waals surface area contributed by atoms with E-state index in [1.54, 1.807) is 13.0 Å². The van der Waals surface area contributed by atoms with Crippen LogP contribution in [0.5, 0.6) is 11.5 Å². The van der Waals surface area contributed by atoms with Gasteiger partial charge in [-0.15, -0.1) is 0 Å². The predicted octanol–water partition coefficient (Wildman–Crippen LogP) is 1.01. The van der Waals surface area contributed by atoms with Gasteiger partial charge in [-0.2, -0.15) is 0 Å². The zero-order valence-corrected chi connectivity index (χ0v) is 23.5. The van der Waals surface area contributed by atoms with E-state index in [1.165, 1.54) is 24.2 Å². The van der Waals surface area contributed by atoms with Crippen LogP contribution >= 0.6 is 22.6 Å². The number of aldehydes is 1. The number of benzene rings is 1. The first-order valence-corrected chi connectivity index (χ1v) is 13.5. The Hall–Kier alpha value is -2.55. The number of ether oxygens (including phenoxy) is 3. The molecular weight excluding hydrogens is 611 g/mol.